The lowest BCUT2D eigenvalue weighted by Crippen LogP contribution is -1.91. The van der Waals surface area contributed by atoms with Crippen LogP contribution in [0.5, 0.6) is 0 Å². The third-order valence-electron chi connectivity index (χ3n) is 1.86. The highest BCUT2D eigenvalue weighted by Gasteiger charge is 2.10. The molecule has 1 rings (SSSR count). The summed E-state index contributed by atoms with van der Waals surface area (Å²) in [5.74, 6) is 0.421. The first kappa shape index (κ1) is 10.0. The third-order valence-corrected chi connectivity index (χ3v) is 1.86. The topological polar surface area (TPSA) is 45.4 Å². The first-order valence-corrected chi connectivity index (χ1v) is 3.97. The van der Waals surface area contributed by atoms with Crippen molar-refractivity contribution >= 4 is 18.2 Å². The van der Waals surface area contributed by atoms with Gasteiger partial charge in [0.2, 0.25) is 0 Å². The third kappa shape index (κ3) is 1.64. The molecule has 70 valence electrons. The van der Waals surface area contributed by atoms with Crippen LogP contribution in [0.3, 0.4) is 0 Å². The molecule has 1 aromatic rings. The first-order valence-electron chi connectivity index (χ1n) is 3.97. The summed E-state index contributed by atoms with van der Waals surface area (Å²) < 4.78 is 4.99. The van der Waals surface area contributed by atoms with Crippen LogP contribution in [0, 0.1) is 11.3 Å². The smallest absolute Gasteiger partial charge is 0.122 e. The molecule has 0 aromatic heterocycles. The van der Waals surface area contributed by atoms with Gasteiger partial charge in [-0.2, -0.15) is 5.26 Å². The Hall–Kier alpha value is -2.08. The van der Waals surface area contributed by atoms with Crippen molar-refractivity contribution in [3.63, 3.8) is 0 Å². The summed E-state index contributed by atoms with van der Waals surface area (Å²) in [6.45, 7) is 7.13. The van der Waals surface area contributed by atoms with Gasteiger partial charge in [0, 0.05) is 0 Å². The minimum atomic E-state index is 0.421. The summed E-state index contributed by atoms with van der Waals surface area (Å²) >= 11 is 0. The van der Waals surface area contributed by atoms with Crippen molar-refractivity contribution in [3.05, 3.63) is 35.9 Å². The molecule has 0 radical (unpaired) electrons. The van der Waals surface area contributed by atoms with Crippen LogP contribution in [-0.4, -0.2) is 13.8 Å². The standard InChI is InChI=1S/C11H10N2O/c1-8(14-3)11-9(7-12)5-4-6-10(11)13-2/h4-6H,1-2H2,3H3. The molecular formula is C11H10N2O. The molecule has 3 heteroatoms. The number of nitriles is 1. The van der Waals surface area contributed by atoms with Gasteiger partial charge in [-0.3, -0.25) is 4.99 Å². The van der Waals surface area contributed by atoms with Crippen molar-refractivity contribution < 1.29 is 4.74 Å². The van der Waals surface area contributed by atoms with E-state index in [4.69, 9.17) is 10.00 Å². The lowest BCUT2D eigenvalue weighted by atomic mass is 10.1. The molecule has 14 heavy (non-hydrogen) atoms. The Morgan fingerprint density at radius 1 is 1.57 bits per heavy atom. The van der Waals surface area contributed by atoms with Gasteiger partial charge in [0.15, 0.2) is 0 Å². The van der Waals surface area contributed by atoms with E-state index in [-0.39, 0.29) is 0 Å². The van der Waals surface area contributed by atoms with E-state index < -0.39 is 0 Å². The second-order valence-electron chi connectivity index (χ2n) is 2.60. The highest BCUT2D eigenvalue weighted by atomic mass is 16.5. The van der Waals surface area contributed by atoms with Crippen LogP contribution in [0.1, 0.15) is 11.1 Å². The van der Waals surface area contributed by atoms with Gasteiger partial charge in [-0.25, -0.2) is 0 Å². The molecule has 0 unspecified atom stereocenters. The molecule has 0 aliphatic heterocycles. The van der Waals surface area contributed by atoms with Crippen molar-refractivity contribution in [2.45, 2.75) is 0 Å². The van der Waals surface area contributed by atoms with E-state index >= 15 is 0 Å². The second-order valence-corrected chi connectivity index (χ2v) is 2.60. The fourth-order valence-electron chi connectivity index (χ4n) is 1.16. The minimum Gasteiger partial charge on any atom is -0.497 e. The average Bonchev–Trinajstić information content (AvgIpc) is 2.26. The molecule has 0 atom stereocenters. The number of methoxy groups -OCH3 is 1. The number of hydrogen-bond acceptors (Lipinski definition) is 3. The molecular weight excluding hydrogens is 176 g/mol. The van der Waals surface area contributed by atoms with Crippen molar-refractivity contribution in [1.29, 1.82) is 5.26 Å². The molecule has 0 saturated carbocycles. The Morgan fingerprint density at radius 3 is 2.79 bits per heavy atom. The maximum Gasteiger partial charge on any atom is 0.122 e. The highest BCUT2D eigenvalue weighted by Crippen LogP contribution is 2.28. The summed E-state index contributed by atoms with van der Waals surface area (Å²) in [7, 11) is 1.50. The Balaban J connectivity index is 3.42. The summed E-state index contributed by atoms with van der Waals surface area (Å²) in [5.41, 5.74) is 1.70. The molecule has 0 bridgehead atoms. The van der Waals surface area contributed by atoms with Gasteiger partial charge in [0.25, 0.3) is 0 Å². The Kier molecular flexibility index (Phi) is 3.03. The van der Waals surface area contributed by atoms with Gasteiger partial charge in [0.1, 0.15) is 5.76 Å². The second kappa shape index (κ2) is 4.24. The number of nitrogens with zero attached hydrogens (tertiary/aromatic N) is 2. The van der Waals surface area contributed by atoms with Crippen LogP contribution < -0.4 is 0 Å². The van der Waals surface area contributed by atoms with Gasteiger partial charge in [-0.1, -0.05) is 12.6 Å². The number of hydrogen-bond donors (Lipinski definition) is 0. The Morgan fingerprint density at radius 2 is 2.29 bits per heavy atom. The summed E-state index contributed by atoms with van der Waals surface area (Å²) in [6, 6.07) is 7.25. The zero-order valence-corrected chi connectivity index (χ0v) is 7.95. The van der Waals surface area contributed by atoms with Gasteiger partial charge in [-0.15, -0.1) is 0 Å². The van der Waals surface area contributed by atoms with Crippen molar-refractivity contribution in [2.24, 2.45) is 4.99 Å². The maximum atomic E-state index is 8.87. The quantitative estimate of drug-likeness (QED) is 0.537. The van der Waals surface area contributed by atoms with E-state index in [0.29, 0.717) is 22.6 Å². The van der Waals surface area contributed by atoms with E-state index in [1.54, 1.807) is 18.2 Å². The van der Waals surface area contributed by atoms with E-state index in [9.17, 15) is 0 Å². The molecule has 1 aromatic carbocycles. The van der Waals surface area contributed by atoms with Gasteiger partial charge in [0.05, 0.1) is 30.0 Å². The predicted octanol–water partition coefficient (Wildman–Crippen LogP) is 2.51. The zero-order chi connectivity index (χ0) is 10.6. The van der Waals surface area contributed by atoms with Crippen LogP contribution in [-0.2, 0) is 4.74 Å². The molecule has 0 spiro atoms. The van der Waals surface area contributed by atoms with Crippen molar-refractivity contribution in [3.8, 4) is 6.07 Å². The molecule has 0 aliphatic carbocycles. The normalized spacial score (nSPS) is 8.86. The molecule has 0 amide bonds. The summed E-state index contributed by atoms with van der Waals surface area (Å²) in [5, 5.41) is 8.87. The minimum absolute atomic E-state index is 0.421. The molecule has 0 aliphatic rings. The fourth-order valence-corrected chi connectivity index (χ4v) is 1.16. The number of rotatable bonds is 3. The van der Waals surface area contributed by atoms with Crippen LogP contribution >= 0.6 is 0 Å². The molecule has 0 heterocycles. The van der Waals surface area contributed by atoms with E-state index in [1.807, 2.05) is 0 Å². The van der Waals surface area contributed by atoms with E-state index in [1.165, 1.54) is 7.11 Å². The zero-order valence-electron chi connectivity index (χ0n) is 7.95. The number of ether oxygens (including phenoxy) is 1. The van der Waals surface area contributed by atoms with Gasteiger partial charge < -0.3 is 4.74 Å². The van der Waals surface area contributed by atoms with Gasteiger partial charge >= 0.3 is 0 Å². The lowest BCUT2D eigenvalue weighted by molar-refractivity contribution is 0.371. The lowest BCUT2D eigenvalue weighted by Gasteiger charge is -2.08. The number of benzene rings is 1. The maximum absolute atomic E-state index is 8.87. The van der Waals surface area contributed by atoms with E-state index in [0.717, 1.165) is 0 Å². The number of aliphatic imine (C=N–C) groups is 1. The average molecular weight is 186 g/mol. The van der Waals surface area contributed by atoms with Crippen LogP contribution in [0.2, 0.25) is 0 Å². The SMILES string of the molecule is C=Nc1cccc(C#N)c1C(=C)OC. The Labute approximate surface area is 83.0 Å². The van der Waals surface area contributed by atoms with Crippen LogP contribution in [0.15, 0.2) is 29.8 Å². The first-order chi connectivity index (χ1) is 6.74. The van der Waals surface area contributed by atoms with Crippen molar-refractivity contribution in [1.82, 2.24) is 0 Å². The van der Waals surface area contributed by atoms with Crippen LogP contribution in [0.25, 0.3) is 5.76 Å². The largest absolute Gasteiger partial charge is 0.497 e. The van der Waals surface area contributed by atoms with Crippen molar-refractivity contribution in [2.75, 3.05) is 7.11 Å². The van der Waals surface area contributed by atoms with E-state index in [2.05, 4.69) is 24.4 Å². The monoisotopic (exact) mass is 186 g/mol. The Bertz CT molecular complexity index is 416. The molecule has 3 nitrogen and oxygen atoms in total. The molecule has 0 N–H and O–H groups in total. The van der Waals surface area contributed by atoms with Crippen LogP contribution in [0.4, 0.5) is 5.69 Å². The molecule has 0 fully saturated rings. The fraction of sp³-hybridized carbons (Fsp3) is 0.0909. The summed E-state index contributed by atoms with van der Waals surface area (Å²) in [6.07, 6.45) is 0. The molecule has 0 saturated heterocycles. The van der Waals surface area contributed by atoms with Gasteiger partial charge in [-0.05, 0) is 18.9 Å². The predicted molar refractivity (Wildman–Crippen MR) is 56.4 cm³/mol. The summed E-state index contributed by atoms with van der Waals surface area (Å²) in [4.78, 5) is 3.81. The highest BCUT2D eigenvalue weighted by molar-refractivity contribution is 5.75.